The van der Waals surface area contributed by atoms with E-state index in [4.69, 9.17) is 9.26 Å². The molecule has 2 aromatic carbocycles. The molecule has 1 N–H and O–H groups in total. The highest BCUT2D eigenvalue weighted by atomic mass is 19.4. The highest BCUT2D eigenvalue weighted by Gasteiger charge is 2.29. The molecule has 1 heterocycles. The second kappa shape index (κ2) is 7.47. The predicted molar refractivity (Wildman–Crippen MR) is 87.7 cm³/mol. The third-order valence-electron chi connectivity index (χ3n) is 3.65. The molecule has 0 bridgehead atoms. The van der Waals surface area contributed by atoms with Gasteiger partial charge in [-0.2, -0.15) is 13.2 Å². The summed E-state index contributed by atoms with van der Waals surface area (Å²) >= 11 is 0. The normalized spacial score (nSPS) is 11.5. The average Bonchev–Trinajstić information content (AvgIpc) is 3.01. The molecule has 0 radical (unpaired) electrons. The Morgan fingerprint density at radius 1 is 1.12 bits per heavy atom. The molecule has 0 unspecified atom stereocenters. The number of rotatable bonds is 6. The molecule has 0 spiro atoms. The zero-order valence-electron chi connectivity index (χ0n) is 13.5. The van der Waals surface area contributed by atoms with Gasteiger partial charge in [-0.15, -0.1) is 0 Å². The van der Waals surface area contributed by atoms with Gasteiger partial charge in [0, 0.05) is 5.39 Å². The van der Waals surface area contributed by atoms with Crippen molar-refractivity contribution in [1.82, 2.24) is 10.5 Å². The van der Waals surface area contributed by atoms with Crippen LogP contribution >= 0.6 is 0 Å². The fourth-order valence-electron chi connectivity index (χ4n) is 2.38. The molecular weight excluding hydrogens is 349 g/mol. The van der Waals surface area contributed by atoms with Crippen molar-refractivity contribution >= 4 is 16.9 Å². The third kappa shape index (κ3) is 4.33. The molecular formula is C18H15F3N2O3. The van der Waals surface area contributed by atoms with Crippen LogP contribution in [0.15, 0.2) is 53.1 Å². The molecule has 0 atom stereocenters. The first kappa shape index (κ1) is 17.8. The number of nitrogens with zero attached hydrogens (tertiary/aromatic N) is 1. The summed E-state index contributed by atoms with van der Waals surface area (Å²) < 4.78 is 47.8. The Kier molecular flexibility index (Phi) is 5.11. The Morgan fingerprint density at radius 2 is 1.85 bits per heavy atom. The first-order valence-corrected chi connectivity index (χ1v) is 7.83. The smallest absolute Gasteiger partial charge is 0.416 e. The highest BCUT2D eigenvalue weighted by molar-refractivity contribution is 5.86. The van der Waals surface area contributed by atoms with Crippen LogP contribution in [-0.2, 0) is 17.4 Å². The molecule has 1 aromatic heterocycles. The van der Waals surface area contributed by atoms with Gasteiger partial charge < -0.3 is 14.6 Å². The first-order chi connectivity index (χ1) is 12.4. The van der Waals surface area contributed by atoms with E-state index in [1.807, 2.05) is 18.2 Å². The lowest BCUT2D eigenvalue weighted by Crippen LogP contribution is -2.29. The van der Waals surface area contributed by atoms with Crippen molar-refractivity contribution in [3.63, 3.8) is 0 Å². The van der Waals surface area contributed by atoms with Crippen LogP contribution in [0.25, 0.3) is 11.0 Å². The van der Waals surface area contributed by atoms with E-state index in [1.165, 1.54) is 12.1 Å². The standard InChI is InChI=1S/C18H15F3N2O3/c19-18(20,21)12-5-7-13(8-6-12)25-10-9-22-17(24)11-15-14-3-1-2-4-16(14)26-23-15/h1-8H,9-11H2,(H,22,24). The van der Waals surface area contributed by atoms with Crippen molar-refractivity contribution in [1.29, 1.82) is 0 Å². The van der Waals surface area contributed by atoms with Crippen molar-refractivity contribution in [3.05, 3.63) is 59.8 Å². The largest absolute Gasteiger partial charge is 0.492 e. The number of nitrogens with one attached hydrogen (secondary N) is 1. The van der Waals surface area contributed by atoms with Gasteiger partial charge >= 0.3 is 6.18 Å². The number of hydrogen-bond acceptors (Lipinski definition) is 4. The molecule has 0 saturated heterocycles. The summed E-state index contributed by atoms with van der Waals surface area (Å²) in [4.78, 5) is 11.9. The van der Waals surface area contributed by atoms with Gasteiger partial charge in [-0.1, -0.05) is 17.3 Å². The van der Waals surface area contributed by atoms with Gasteiger partial charge in [0.15, 0.2) is 5.58 Å². The van der Waals surface area contributed by atoms with Crippen LogP contribution in [0, 0.1) is 0 Å². The summed E-state index contributed by atoms with van der Waals surface area (Å²) in [5.74, 6) is 0.0508. The summed E-state index contributed by atoms with van der Waals surface area (Å²) in [7, 11) is 0. The van der Waals surface area contributed by atoms with Gasteiger partial charge in [0.1, 0.15) is 18.1 Å². The lowest BCUT2D eigenvalue weighted by molar-refractivity contribution is -0.137. The lowest BCUT2D eigenvalue weighted by Gasteiger charge is -2.09. The number of carbonyl (C=O) groups is 1. The SMILES string of the molecule is O=C(Cc1noc2ccccc12)NCCOc1ccc(C(F)(F)F)cc1. The molecule has 0 fully saturated rings. The van der Waals surface area contributed by atoms with Crippen LogP contribution in [0.2, 0.25) is 0 Å². The number of ether oxygens (including phenoxy) is 1. The second-order valence-electron chi connectivity index (χ2n) is 5.52. The molecule has 0 aliphatic rings. The van der Waals surface area contributed by atoms with E-state index in [1.54, 1.807) is 6.07 Å². The van der Waals surface area contributed by atoms with Crippen molar-refractivity contribution < 1.29 is 27.2 Å². The van der Waals surface area contributed by atoms with E-state index in [2.05, 4.69) is 10.5 Å². The summed E-state index contributed by atoms with van der Waals surface area (Å²) in [6, 6.07) is 11.6. The van der Waals surface area contributed by atoms with Crippen LogP contribution < -0.4 is 10.1 Å². The molecule has 136 valence electrons. The molecule has 0 saturated carbocycles. The fraction of sp³-hybridized carbons (Fsp3) is 0.222. The predicted octanol–water partition coefficient (Wildman–Crippen LogP) is 3.58. The lowest BCUT2D eigenvalue weighted by atomic mass is 10.1. The summed E-state index contributed by atoms with van der Waals surface area (Å²) in [6.45, 7) is 0.353. The number of benzene rings is 2. The number of carbonyl (C=O) groups excluding carboxylic acids is 1. The molecule has 1 amide bonds. The Bertz CT molecular complexity index is 889. The number of halogens is 3. The number of amides is 1. The van der Waals surface area contributed by atoms with Crippen molar-refractivity contribution in [2.24, 2.45) is 0 Å². The molecule has 0 aliphatic carbocycles. The van der Waals surface area contributed by atoms with E-state index in [-0.39, 0.29) is 25.5 Å². The van der Waals surface area contributed by atoms with E-state index in [0.29, 0.717) is 17.0 Å². The van der Waals surface area contributed by atoms with E-state index in [9.17, 15) is 18.0 Å². The van der Waals surface area contributed by atoms with Crippen LogP contribution in [0.1, 0.15) is 11.3 Å². The summed E-state index contributed by atoms with van der Waals surface area (Å²) in [5.41, 5.74) is 0.417. The van der Waals surface area contributed by atoms with Crippen LogP contribution in [-0.4, -0.2) is 24.2 Å². The minimum atomic E-state index is -4.38. The van der Waals surface area contributed by atoms with Gasteiger partial charge in [-0.25, -0.2) is 0 Å². The Labute approximate surface area is 146 Å². The number of hydrogen-bond donors (Lipinski definition) is 1. The minimum absolute atomic E-state index is 0.0668. The zero-order valence-corrected chi connectivity index (χ0v) is 13.5. The van der Waals surface area contributed by atoms with Crippen molar-refractivity contribution in [2.45, 2.75) is 12.6 Å². The van der Waals surface area contributed by atoms with E-state index >= 15 is 0 Å². The van der Waals surface area contributed by atoms with Crippen molar-refractivity contribution in [3.8, 4) is 5.75 Å². The van der Waals surface area contributed by atoms with Gasteiger partial charge in [0.25, 0.3) is 0 Å². The summed E-state index contributed by atoms with van der Waals surface area (Å²) in [6.07, 6.45) is -4.31. The number of fused-ring (bicyclic) bond motifs is 1. The van der Waals surface area contributed by atoms with E-state index < -0.39 is 11.7 Å². The van der Waals surface area contributed by atoms with Crippen LogP contribution in [0.5, 0.6) is 5.75 Å². The first-order valence-electron chi connectivity index (χ1n) is 7.83. The maximum Gasteiger partial charge on any atom is 0.416 e. The van der Waals surface area contributed by atoms with Crippen LogP contribution in [0.3, 0.4) is 0 Å². The maximum atomic E-state index is 12.5. The molecule has 8 heteroatoms. The Balaban J connectivity index is 1.44. The number of para-hydroxylation sites is 1. The fourth-order valence-corrected chi connectivity index (χ4v) is 2.38. The molecule has 0 aliphatic heterocycles. The zero-order chi connectivity index (χ0) is 18.6. The second-order valence-corrected chi connectivity index (χ2v) is 5.52. The van der Waals surface area contributed by atoms with E-state index in [0.717, 1.165) is 17.5 Å². The topological polar surface area (TPSA) is 64.4 Å². The minimum Gasteiger partial charge on any atom is -0.492 e. The van der Waals surface area contributed by atoms with Crippen molar-refractivity contribution in [2.75, 3.05) is 13.2 Å². The third-order valence-corrected chi connectivity index (χ3v) is 3.65. The highest BCUT2D eigenvalue weighted by Crippen LogP contribution is 2.30. The molecule has 3 rings (SSSR count). The quantitative estimate of drug-likeness (QED) is 0.679. The van der Waals surface area contributed by atoms with Gasteiger partial charge in [-0.05, 0) is 36.4 Å². The number of alkyl halides is 3. The Morgan fingerprint density at radius 3 is 2.58 bits per heavy atom. The number of aromatic nitrogens is 1. The molecule has 5 nitrogen and oxygen atoms in total. The molecule has 3 aromatic rings. The average molecular weight is 364 g/mol. The van der Waals surface area contributed by atoms with Gasteiger partial charge in [-0.3, -0.25) is 4.79 Å². The summed E-state index contributed by atoms with van der Waals surface area (Å²) in [5, 5.41) is 7.33. The van der Waals surface area contributed by atoms with Crippen LogP contribution in [0.4, 0.5) is 13.2 Å². The van der Waals surface area contributed by atoms with Gasteiger partial charge in [0.05, 0.1) is 18.5 Å². The van der Waals surface area contributed by atoms with Gasteiger partial charge in [0.2, 0.25) is 5.91 Å². The Hall–Kier alpha value is -3.03. The molecule has 26 heavy (non-hydrogen) atoms. The maximum absolute atomic E-state index is 12.5. The monoisotopic (exact) mass is 364 g/mol.